The lowest BCUT2D eigenvalue weighted by Crippen LogP contribution is -2.23. The normalized spacial score (nSPS) is 15.5. The lowest BCUT2D eigenvalue weighted by molar-refractivity contribution is -0.138. The molecule has 0 bridgehead atoms. The van der Waals surface area contributed by atoms with E-state index in [0.29, 0.717) is 31.2 Å². The van der Waals surface area contributed by atoms with Crippen LogP contribution in [0.2, 0.25) is 0 Å². The molecule has 0 aromatic heterocycles. The second-order valence-corrected chi connectivity index (χ2v) is 12.1. The van der Waals surface area contributed by atoms with Gasteiger partial charge in [0.1, 0.15) is 28.9 Å². The number of rotatable bonds is 15. The van der Waals surface area contributed by atoms with Gasteiger partial charge in [0, 0.05) is 35.8 Å². The lowest BCUT2D eigenvalue weighted by Gasteiger charge is -2.32. The summed E-state index contributed by atoms with van der Waals surface area (Å²) in [5.41, 5.74) is 2.78. The van der Waals surface area contributed by atoms with E-state index in [1.807, 2.05) is 115 Å². The van der Waals surface area contributed by atoms with E-state index in [1.165, 1.54) is 0 Å². The number of carboxylic acid groups (broad SMARTS) is 2. The number of hydrogen-bond donors (Lipinski definition) is 4. The summed E-state index contributed by atoms with van der Waals surface area (Å²) in [5, 5.41) is 42.6. The Morgan fingerprint density at radius 1 is 0.694 bits per heavy atom. The van der Waals surface area contributed by atoms with Crippen LogP contribution in [-0.4, -0.2) is 38.1 Å². The van der Waals surface area contributed by atoms with Gasteiger partial charge in [-0.25, -0.2) is 0 Å². The van der Waals surface area contributed by atoms with Gasteiger partial charge in [-0.1, -0.05) is 115 Å². The van der Waals surface area contributed by atoms with Crippen molar-refractivity contribution in [3.05, 3.63) is 149 Å². The van der Waals surface area contributed by atoms with E-state index in [4.69, 9.17) is 14.9 Å². The molecular formula is C41H40O8. The zero-order chi connectivity index (χ0) is 34.8. The van der Waals surface area contributed by atoms with Crippen LogP contribution in [0, 0.1) is 0 Å². The van der Waals surface area contributed by atoms with Gasteiger partial charge >= 0.3 is 11.9 Å². The van der Waals surface area contributed by atoms with Crippen molar-refractivity contribution in [2.75, 3.05) is 0 Å². The van der Waals surface area contributed by atoms with Crippen LogP contribution in [0.15, 0.2) is 115 Å². The summed E-state index contributed by atoms with van der Waals surface area (Å²) in [5.74, 6) is -3.92. The van der Waals surface area contributed by atoms with Crippen LogP contribution in [0.5, 0.6) is 17.2 Å². The summed E-state index contributed by atoms with van der Waals surface area (Å²) in [6.07, 6.45) is 8.52. The molecule has 4 N–H and O–H groups in total. The zero-order valence-electron chi connectivity index (χ0n) is 27.1. The van der Waals surface area contributed by atoms with Crippen molar-refractivity contribution in [3.8, 4) is 17.2 Å². The van der Waals surface area contributed by atoms with Gasteiger partial charge in [0.25, 0.3) is 0 Å². The predicted molar refractivity (Wildman–Crippen MR) is 186 cm³/mol. The summed E-state index contributed by atoms with van der Waals surface area (Å²) in [7, 11) is 0. The minimum Gasteiger partial charge on any atom is -0.507 e. The number of aromatic hydroxyl groups is 2. The number of unbranched alkanes of at least 4 members (excludes halogenated alkanes) is 2. The van der Waals surface area contributed by atoms with E-state index in [2.05, 4.69) is 0 Å². The molecule has 0 saturated carbocycles. The van der Waals surface area contributed by atoms with E-state index in [-0.39, 0.29) is 53.4 Å². The van der Waals surface area contributed by atoms with Crippen LogP contribution in [0.3, 0.4) is 0 Å². The summed E-state index contributed by atoms with van der Waals surface area (Å²) in [6.45, 7) is 0. The fourth-order valence-electron chi connectivity index (χ4n) is 6.29. The molecule has 49 heavy (non-hydrogen) atoms. The molecule has 8 nitrogen and oxygen atoms in total. The van der Waals surface area contributed by atoms with Crippen molar-refractivity contribution < 1.29 is 39.5 Å². The van der Waals surface area contributed by atoms with Crippen molar-refractivity contribution >= 4 is 17.7 Å². The van der Waals surface area contributed by atoms with Crippen LogP contribution in [0.25, 0.3) is 0 Å². The summed E-state index contributed by atoms with van der Waals surface area (Å²) in [4.78, 5) is 36.3. The number of carbonyl (C=O) groups excluding carboxylic acids is 1. The molecule has 0 fully saturated rings. The lowest BCUT2D eigenvalue weighted by atomic mass is 9.79. The SMILES string of the molecule is O=C(O)CCCC=C[C@H](c1ccccc1)c1c(O)c2c(c([C@H](C=CCCCC(=O)O)c3ccccc3)c1O)O[C@@H](c1ccccc1)CC2=O. The quantitative estimate of drug-likeness (QED) is 0.0733. The number of fused-ring (bicyclic) bond motifs is 1. The second-order valence-electron chi connectivity index (χ2n) is 12.1. The van der Waals surface area contributed by atoms with Crippen molar-refractivity contribution in [3.63, 3.8) is 0 Å². The number of aliphatic carboxylic acids is 2. The first kappa shape index (κ1) is 34.7. The number of benzene rings is 4. The third-order valence-electron chi connectivity index (χ3n) is 8.67. The number of Topliss-reactive ketones (excluding diaryl/α,β-unsaturated/α-hetero) is 1. The molecule has 0 spiro atoms. The van der Waals surface area contributed by atoms with Gasteiger partial charge in [-0.15, -0.1) is 0 Å². The maximum atomic E-state index is 14.1. The molecule has 1 heterocycles. The van der Waals surface area contributed by atoms with Crippen LogP contribution in [0.1, 0.15) is 101 Å². The highest BCUT2D eigenvalue weighted by Gasteiger charge is 2.39. The highest BCUT2D eigenvalue weighted by Crippen LogP contribution is 2.54. The van der Waals surface area contributed by atoms with Gasteiger partial charge in [0.2, 0.25) is 0 Å². The van der Waals surface area contributed by atoms with Gasteiger partial charge in [-0.3, -0.25) is 14.4 Å². The number of phenolic OH excluding ortho intramolecular Hbond substituents is 2. The van der Waals surface area contributed by atoms with Gasteiger partial charge < -0.3 is 25.2 Å². The smallest absolute Gasteiger partial charge is 0.303 e. The third kappa shape index (κ3) is 8.46. The molecule has 0 aliphatic carbocycles. The number of ketones is 1. The molecule has 5 rings (SSSR count). The van der Waals surface area contributed by atoms with Crippen LogP contribution in [0.4, 0.5) is 0 Å². The topological polar surface area (TPSA) is 141 Å². The highest BCUT2D eigenvalue weighted by molar-refractivity contribution is 6.04. The Bertz CT molecular complexity index is 1810. The van der Waals surface area contributed by atoms with Crippen LogP contribution >= 0.6 is 0 Å². The third-order valence-corrected chi connectivity index (χ3v) is 8.67. The molecule has 4 aromatic rings. The fraction of sp³-hybridized carbons (Fsp3) is 0.244. The van der Waals surface area contributed by atoms with E-state index in [0.717, 1.165) is 16.7 Å². The van der Waals surface area contributed by atoms with E-state index in [1.54, 1.807) is 0 Å². The van der Waals surface area contributed by atoms with Gasteiger partial charge in [-0.05, 0) is 42.4 Å². The highest BCUT2D eigenvalue weighted by atomic mass is 16.5. The summed E-state index contributed by atoms with van der Waals surface area (Å²) < 4.78 is 6.59. The monoisotopic (exact) mass is 660 g/mol. The largest absolute Gasteiger partial charge is 0.507 e. The zero-order valence-corrected chi connectivity index (χ0v) is 27.1. The molecule has 4 aromatic carbocycles. The maximum absolute atomic E-state index is 14.1. The summed E-state index contributed by atoms with van der Waals surface area (Å²) >= 11 is 0. The van der Waals surface area contributed by atoms with Crippen LogP contribution < -0.4 is 4.74 Å². The molecule has 0 radical (unpaired) electrons. The first-order valence-electron chi connectivity index (χ1n) is 16.5. The number of carboxylic acids is 2. The Balaban J connectivity index is 1.73. The first-order chi connectivity index (χ1) is 23.8. The fourth-order valence-corrected chi connectivity index (χ4v) is 6.29. The number of hydrogen-bond acceptors (Lipinski definition) is 6. The van der Waals surface area contributed by atoms with Crippen molar-refractivity contribution in [2.24, 2.45) is 0 Å². The summed E-state index contributed by atoms with van der Waals surface area (Å²) in [6, 6.07) is 28.0. The predicted octanol–water partition coefficient (Wildman–Crippen LogP) is 8.69. The first-order valence-corrected chi connectivity index (χ1v) is 16.5. The van der Waals surface area contributed by atoms with E-state index in [9.17, 15) is 24.6 Å². The number of allylic oxidation sites excluding steroid dienone is 4. The Hall–Kier alpha value is -5.63. The standard InChI is InChI=1S/C41H40O8/c42-32-26-33(29-20-10-3-11-21-29)49-41-37(31(28-18-8-2-9-19-28)23-13-5-15-25-35(45)46)39(47)36(40(48)38(32)41)30(27-16-6-1-7-17-27)22-12-4-14-24-34(43)44/h1-3,6-13,16-23,30-31,33,47-48H,4-5,14-15,24-26H2,(H,43,44)(H,45,46)/t30-,31-,33-/m1/s1. The number of ether oxygens (including phenoxy) is 1. The Labute approximate surface area is 285 Å². The number of phenols is 2. The Kier molecular flexibility index (Phi) is 11.7. The number of carbonyl (C=O) groups is 3. The average Bonchev–Trinajstić information content (AvgIpc) is 3.10. The minimum atomic E-state index is -0.891. The molecule has 1 aliphatic heterocycles. The van der Waals surface area contributed by atoms with Crippen LogP contribution in [-0.2, 0) is 9.59 Å². The molecular weight excluding hydrogens is 620 g/mol. The van der Waals surface area contributed by atoms with Gasteiger partial charge in [0.15, 0.2) is 5.78 Å². The van der Waals surface area contributed by atoms with Crippen molar-refractivity contribution in [1.82, 2.24) is 0 Å². The second kappa shape index (κ2) is 16.5. The van der Waals surface area contributed by atoms with Crippen molar-refractivity contribution in [1.29, 1.82) is 0 Å². The maximum Gasteiger partial charge on any atom is 0.303 e. The molecule has 8 heteroatoms. The van der Waals surface area contributed by atoms with Gasteiger partial charge in [-0.2, -0.15) is 0 Å². The Morgan fingerprint density at radius 2 is 1.16 bits per heavy atom. The molecule has 0 saturated heterocycles. The average molecular weight is 661 g/mol. The van der Waals surface area contributed by atoms with Gasteiger partial charge in [0.05, 0.1) is 6.42 Å². The molecule has 252 valence electrons. The molecule has 0 unspecified atom stereocenters. The Morgan fingerprint density at radius 3 is 1.65 bits per heavy atom. The minimum absolute atomic E-state index is 0.00426. The van der Waals surface area contributed by atoms with E-state index >= 15 is 0 Å². The van der Waals surface area contributed by atoms with E-state index < -0.39 is 29.9 Å². The molecule has 0 amide bonds. The van der Waals surface area contributed by atoms with Crippen molar-refractivity contribution in [2.45, 2.75) is 62.9 Å². The molecule has 1 aliphatic rings. The molecule has 3 atom stereocenters.